The molecule has 3 rings (SSSR count). The summed E-state index contributed by atoms with van der Waals surface area (Å²) in [5, 5.41) is 7.99. The van der Waals surface area contributed by atoms with E-state index in [0.717, 1.165) is 23.8 Å². The molecule has 0 bridgehead atoms. The van der Waals surface area contributed by atoms with E-state index in [2.05, 4.69) is 9.97 Å². The minimum absolute atomic E-state index is 0.244. The second-order valence-electron chi connectivity index (χ2n) is 7.92. The van der Waals surface area contributed by atoms with E-state index in [9.17, 15) is 34.8 Å². The molecule has 0 aliphatic rings. The van der Waals surface area contributed by atoms with Crippen molar-refractivity contribution >= 4 is 43.7 Å². The van der Waals surface area contributed by atoms with E-state index in [-0.39, 0.29) is 13.0 Å². The Hall–Kier alpha value is -3.18. The van der Waals surface area contributed by atoms with Crippen molar-refractivity contribution in [2.24, 2.45) is 0 Å². The van der Waals surface area contributed by atoms with E-state index in [4.69, 9.17) is 20.4 Å². The average molecular weight is 574 g/mol. The fraction of sp³-hybridized carbons (Fsp3) is 0.476. The normalized spacial score (nSPS) is 12.7. The molecule has 2 heterocycles. The number of unbranched alkanes of at least 4 members (excludes halogenated alkanes) is 1. The van der Waals surface area contributed by atoms with Gasteiger partial charge in [-0.25, -0.2) is 23.2 Å². The van der Waals surface area contributed by atoms with Crippen LogP contribution in [-0.4, -0.2) is 77.3 Å². The molecule has 0 atom stereocenters. The zero-order valence-electron chi connectivity index (χ0n) is 20.2. The summed E-state index contributed by atoms with van der Waals surface area (Å²) in [5.41, 5.74) is 2.88. The molecule has 17 heteroatoms. The molecule has 3 N–H and O–H groups in total. The number of pyridine rings is 1. The minimum atomic E-state index is -5.33. The van der Waals surface area contributed by atoms with Gasteiger partial charge in [-0.2, -0.15) is 30.6 Å². The predicted octanol–water partition coefficient (Wildman–Crippen LogP) is 3.55. The third kappa shape index (κ3) is 7.22. The first kappa shape index (κ1) is 31.0. The number of carboxylic acids is 1. The zero-order chi connectivity index (χ0) is 28.9. The molecule has 0 radical (unpaired) electrons. The maximum Gasteiger partial charge on any atom is 0.511 e. The van der Waals surface area contributed by atoms with Crippen LogP contribution in [0.15, 0.2) is 24.3 Å². The fourth-order valence-corrected chi connectivity index (χ4v) is 4.15. The van der Waals surface area contributed by atoms with Crippen LogP contribution in [0.5, 0.6) is 0 Å². The largest absolute Gasteiger partial charge is 0.511 e. The van der Waals surface area contributed by atoms with Gasteiger partial charge in [0.05, 0.1) is 17.6 Å². The average Bonchev–Trinajstić information content (AvgIpc) is 3.18. The minimum Gasteiger partial charge on any atom is -0.475 e. The topological polar surface area (TPSA) is 141 Å². The maximum atomic E-state index is 12.7. The Morgan fingerprint density at radius 1 is 1.13 bits per heavy atom. The molecule has 0 amide bonds. The van der Waals surface area contributed by atoms with Crippen molar-refractivity contribution in [3.05, 3.63) is 30.1 Å². The first-order valence-electron chi connectivity index (χ1n) is 10.9. The molecular formula is C21H25F6N5O5S. The van der Waals surface area contributed by atoms with Gasteiger partial charge in [-0.1, -0.05) is 18.2 Å². The highest BCUT2D eigenvalue weighted by atomic mass is 32.2. The Morgan fingerprint density at radius 2 is 1.74 bits per heavy atom. The highest BCUT2D eigenvalue weighted by molar-refractivity contribution is 7.89. The first-order chi connectivity index (χ1) is 17.5. The fourth-order valence-electron chi connectivity index (χ4n) is 3.43. The van der Waals surface area contributed by atoms with E-state index in [1.54, 1.807) is 7.11 Å². The third-order valence-electron chi connectivity index (χ3n) is 5.27. The number of nitrogens with two attached hydrogens (primary N) is 1. The number of carbonyl (C=O) groups is 1. The molecule has 0 spiro atoms. The molecule has 0 saturated heterocycles. The molecule has 38 heavy (non-hydrogen) atoms. The number of carboxylic acid groups (broad SMARTS) is 1. The summed E-state index contributed by atoms with van der Waals surface area (Å²) in [6.45, 7) is 0.621. The number of methoxy groups -OCH3 is 1. The molecule has 212 valence electrons. The van der Waals surface area contributed by atoms with Crippen LogP contribution in [0.25, 0.3) is 21.9 Å². The van der Waals surface area contributed by atoms with Gasteiger partial charge in [0.15, 0.2) is 5.82 Å². The summed E-state index contributed by atoms with van der Waals surface area (Å²) >= 11 is 0. The zero-order valence-corrected chi connectivity index (χ0v) is 21.0. The smallest absolute Gasteiger partial charge is 0.475 e. The number of hydrogen-bond acceptors (Lipinski definition) is 7. The molecule has 0 aliphatic carbocycles. The van der Waals surface area contributed by atoms with Crippen molar-refractivity contribution in [1.29, 1.82) is 0 Å². The van der Waals surface area contributed by atoms with Gasteiger partial charge in [0.1, 0.15) is 11.3 Å². The van der Waals surface area contributed by atoms with Crippen LogP contribution in [0.2, 0.25) is 0 Å². The molecule has 1 aromatic carbocycles. The van der Waals surface area contributed by atoms with Gasteiger partial charge >= 0.3 is 27.7 Å². The van der Waals surface area contributed by atoms with Gasteiger partial charge in [-0.3, -0.25) is 0 Å². The van der Waals surface area contributed by atoms with Gasteiger partial charge in [0, 0.05) is 39.1 Å². The second kappa shape index (κ2) is 12.1. The number of aryl methyl sites for hydroxylation is 1. The number of benzene rings is 1. The van der Waals surface area contributed by atoms with Crippen LogP contribution in [0.1, 0.15) is 18.7 Å². The highest BCUT2D eigenvalue weighted by Crippen LogP contribution is 2.30. The van der Waals surface area contributed by atoms with Crippen molar-refractivity contribution in [1.82, 2.24) is 18.8 Å². The number of imidazole rings is 1. The van der Waals surface area contributed by atoms with Crippen molar-refractivity contribution in [3.8, 4) is 0 Å². The quantitative estimate of drug-likeness (QED) is 0.293. The van der Waals surface area contributed by atoms with Crippen LogP contribution in [-0.2, 0) is 32.5 Å². The number of aromatic nitrogens is 3. The number of hydrogen-bond donors (Lipinski definition) is 2. The third-order valence-corrected chi connectivity index (χ3v) is 6.86. The predicted molar refractivity (Wildman–Crippen MR) is 126 cm³/mol. The number of nitrogens with zero attached hydrogens (tertiary/aromatic N) is 4. The van der Waals surface area contributed by atoms with Crippen LogP contribution < -0.4 is 5.73 Å². The van der Waals surface area contributed by atoms with Crippen LogP contribution in [0, 0.1) is 0 Å². The Bertz CT molecular complexity index is 1370. The molecule has 0 aliphatic heterocycles. The number of fused-ring (bicyclic) bond motifs is 3. The lowest BCUT2D eigenvalue weighted by Gasteiger charge is -2.18. The summed E-state index contributed by atoms with van der Waals surface area (Å²) in [7, 11) is -2.82. The van der Waals surface area contributed by atoms with Crippen LogP contribution in [0.3, 0.4) is 0 Å². The lowest BCUT2D eigenvalue weighted by molar-refractivity contribution is -0.192. The molecule has 2 aromatic heterocycles. The summed E-state index contributed by atoms with van der Waals surface area (Å²) in [5.74, 6) is -1.74. The number of halogens is 6. The van der Waals surface area contributed by atoms with Crippen molar-refractivity contribution < 1.29 is 49.4 Å². The van der Waals surface area contributed by atoms with E-state index in [1.165, 1.54) is 0 Å². The monoisotopic (exact) mass is 573 g/mol. The van der Waals surface area contributed by atoms with Crippen LogP contribution >= 0.6 is 0 Å². The van der Waals surface area contributed by atoms with E-state index < -0.39 is 27.7 Å². The summed E-state index contributed by atoms with van der Waals surface area (Å²) in [4.78, 5) is 17.9. The molecule has 3 aromatic rings. The molecule has 0 unspecified atom stereocenters. The Morgan fingerprint density at radius 3 is 2.29 bits per heavy atom. The van der Waals surface area contributed by atoms with Crippen LogP contribution in [0.4, 0.5) is 32.2 Å². The second-order valence-corrected chi connectivity index (χ2v) is 9.95. The number of nitrogen functional groups attached to an aromatic ring is 1. The van der Waals surface area contributed by atoms with Gasteiger partial charge < -0.3 is 20.1 Å². The molecule has 10 nitrogen and oxygen atoms in total. The van der Waals surface area contributed by atoms with Crippen molar-refractivity contribution in [2.45, 2.75) is 37.5 Å². The lowest BCUT2D eigenvalue weighted by atomic mass is 10.2. The number of sulfonamides is 1. The maximum absolute atomic E-state index is 12.7. The van der Waals surface area contributed by atoms with Crippen molar-refractivity contribution in [2.75, 3.05) is 33.0 Å². The number of alkyl halides is 6. The summed E-state index contributed by atoms with van der Waals surface area (Å²) < 4.78 is 100. The Balaban J connectivity index is 0.000000638. The number of aliphatic carboxylic acids is 1. The summed E-state index contributed by atoms with van der Waals surface area (Å²) in [6, 6.07) is 7.48. The Labute approximate surface area is 213 Å². The molecule has 0 fully saturated rings. The van der Waals surface area contributed by atoms with Gasteiger partial charge in [-0.15, -0.1) is 0 Å². The van der Waals surface area contributed by atoms with Gasteiger partial charge in [-0.05, 0) is 18.9 Å². The lowest BCUT2D eigenvalue weighted by Crippen LogP contribution is -2.38. The SMILES string of the molecule is COCCc1nc2c(N)nc3ccccc3c2n1CCCCN(C)S(=O)(=O)C(F)(F)F.O=C(O)C(F)(F)F. The van der Waals surface area contributed by atoms with Crippen molar-refractivity contribution in [3.63, 3.8) is 0 Å². The number of ether oxygens (including phenoxy) is 1. The molecular weight excluding hydrogens is 548 g/mol. The number of para-hydroxylation sites is 1. The standard InChI is InChI=1S/C19H24F3N5O3S.C2HF3O2/c1-26(31(28,29)19(20,21)22)10-5-6-11-27-15(9-12-30-2)25-16-17(27)13-7-3-4-8-14(13)24-18(16)23;3-2(4,5)1(6)7/h3-4,7-8H,5-6,9-12H2,1-2H3,(H2,23,24);(H,6,7). The molecule has 0 saturated carbocycles. The van der Waals surface area contributed by atoms with Gasteiger partial charge in [0.25, 0.3) is 0 Å². The summed E-state index contributed by atoms with van der Waals surface area (Å²) in [6.07, 6.45) is -3.88. The van der Waals surface area contributed by atoms with E-state index in [1.807, 2.05) is 28.8 Å². The Kier molecular flexibility index (Phi) is 9.90. The van der Waals surface area contributed by atoms with E-state index in [0.29, 0.717) is 47.1 Å². The van der Waals surface area contributed by atoms with E-state index >= 15 is 0 Å². The highest BCUT2D eigenvalue weighted by Gasteiger charge is 2.48. The van der Waals surface area contributed by atoms with Gasteiger partial charge in [0.2, 0.25) is 0 Å². The first-order valence-corrected chi connectivity index (χ1v) is 12.3. The number of anilines is 1. The number of rotatable bonds is 9.